The van der Waals surface area contributed by atoms with Crippen molar-refractivity contribution in [3.63, 3.8) is 0 Å². The van der Waals surface area contributed by atoms with E-state index >= 15 is 0 Å². The molecule has 0 N–H and O–H groups in total. The van der Waals surface area contributed by atoms with Gasteiger partial charge in [0.15, 0.2) is 0 Å². The average molecular weight is 220 g/mol. The summed E-state index contributed by atoms with van der Waals surface area (Å²) in [7, 11) is 0. The molecule has 0 radical (unpaired) electrons. The summed E-state index contributed by atoms with van der Waals surface area (Å²) in [5.74, 6) is -2.87. The molecule has 1 nitrogen and oxygen atoms in total. The lowest BCUT2D eigenvalue weighted by molar-refractivity contribution is -0.0252. The number of pyridine rings is 1. The van der Waals surface area contributed by atoms with Crippen LogP contribution in [0, 0.1) is 5.92 Å². The molecular weight excluding hydrogens is 208 g/mol. The van der Waals surface area contributed by atoms with Gasteiger partial charge in [-0.1, -0.05) is 25.4 Å². The molecule has 0 spiro atoms. The maximum absolute atomic E-state index is 13.5. The van der Waals surface area contributed by atoms with E-state index in [0.717, 1.165) is 6.20 Å². The molecule has 1 aromatic rings. The highest BCUT2D eigenvalue weighted by atomic mass is 35.5. The van der Waals surface area contributed by atoms with Crippen LogP contribution in [-0.4, -0.2) is 4.98 Å². The highest BCUT2D eigenvalue weighted by molar-refractivity contribution is 6.29. The zero-order valence-corrected chi connectivity index (χ0v) is 8.85. The van der Waals surface area contributed by atoms with Gasteiger partial charge < -0.3 is 0 Å². The average Bonchev–Trinajstić information content (AvgIpc) is 2.02. The third-order valence-electron chi connectivity index (χ3n) is 1.81. The molecule has 0 atom stereocenters. The van der Waals surface area contributed by atoms with Gasteiger partial charge in [0, 0.05) is 18.2 Å². The molecule has 4 heteroatoms. The van der Waals surface area contributed by atoms with Crippen LogP contribution in [0.15, 0.2) is 18.3 Å². The van der Waals surface area contributed by atoms with Crippen molar-refractivity contribution in [3.8, 4) is 0 Å². The molecule has 1 aromatic heterocycles. The van der Waals surface area contributed by atoms with Gasteiger partial charge >= 0.3 is 0 Å². The first kappa shape index (κ1) is 11.4. The fourth-order valence-electron chi connectivity index (χ4n) is 1.22. The van der Waals surface area contributed by atoms with Crippen molar-refractivity contribution in [2.45, 2.75) is 26.2 Å². The van der Waals surface area contributed by atoms with Crippen LogP contribution < -0.4 is 0 Å². The van der Waals surface area contributed by atoms with Crippen LogP contribution in [0.5, 0.6) is 0 Å². The Bertz CT molecular complexity index is 295. The number of hydrogen-bond donors (Lipinski definition) is 0. The van der Waals surface area contributed by atoms with Crippen LogP contribution in [0.25, 0.3) is 0 Å². The van der Waals surface area contributed by atoms with Crippen LogP contribution in [0.1, 0.15) is 25.8 Å². The van der Waals surface area contributed by atoms with Crippen molar-refractivity contribution in [1.82, 2.24) is 4.98 Å². The van der Waals surface area contributed by atoms with Gasteiger partial charge in [0.1, 0.15) is 5.15 Å². The Morgan fingerprint density at radius 1 is 1.43 bits per heavy atom. The van der Waals surface area contributed by atoms with Crippen LogP contribution in [0.4, 0.5) is 8.78 Å². The lowest BCUT2D eigenvalue weighted by Gasteiger charge is -2.18. The van der Waals surface area contributed by atoms with Crippen molar-refractivity contribution < 1.29 is 8.78 Å². The zero-order valence-electron chi connectivity index (χ0n) is 8.10. The largest absolute Gasteiger partial charge is 0.274 e. The van der Waals surface area contributed by atoms with E-state index in [0.29, 0.717) is 0 Å². The SMILES string of the molecule is CC(C)CC(F)(F)c1ccc(Cl)nc1. The van der Waals surface area contributed by atoms with Crippen LogP contribution in [0.2, 0.25) is 5.15 Å². The molecule has 0 aliphatic heterocycles. The number of halogens is 3. The van der Waals surface area contributed by atoms with Gasteiger partial charge in [-0.05, 0) is 18.1 Å². The number of nitrogens with zero attached hydrogens (tertiary/aromatic N) is 1. The van der Waals surface area contributed by atoms with Gasteiger partial charge in [0.2, 0.25) is 0 Å². The van der Waals surface area contributed by atoms with Gasteiger partial charge in [0.05, 0.1) is 0 Å². The summed E-state index contributed by atoms with van der Waals surface area (Å²) in [6, 6.07) is 2.70. The molecule has 1 rings (SSSR count). The Hall–Kier alpha value is -0.700. The summed E-state index contributed by atoms with van der Waals surface area (Å²) >= 11 is 5.51. The first-order valence-electron chi connectivity index (χ1n) is 4.41. The molecule has 0 fully saturated rings. The predicted octanol–water partition coefficient (Wildman–Crippen LogP) is 3.87. The topological polar surface area (TPSA) is 12.9 Å². The fourth-order valence-corrected chi connectivity index (χ4v) is 1.33. The van der Waals surface area contributed by atoms with Gasteiger partial charge in [0.25, 0.3) is 5.92 Å². The molecule has 0 saturated carbocycles. The third kappa shape index (κ3) is 2.91. The first-order valence-corrected chi connectivity index (χ1v) is 4.79. The molecule has 0 aromatic carbocycles. The van der Waals surface area contributed by atoms with E-state index in [1.165, 1.54) is 12.1 Å². The Kier molecular flexibility index (Phi) is 3.43. The van der Waals surface area contributed by atoms with Gasteiger partial charge in [-0.25, -0.2) is 13.8 Å². The van der Waals surface area contributed by atoms with E-state index in [2.05, 4.69) is 4.98 Å². The van der Waals surface area contributed by atoms with Crippen LogP contribution in [-0.2, 0) is 5.92 Å². The Morgan fingerprint density at radius 2 is 2.07 bits per heavy atom. The Morgan fingerprint density at radius 3 is 2.50 bits per heavy atom. The second kappa shape index (κ2) is 4.22. The van der Waals surface area contributed by atoms with Crippen molar-refractivity contribution >= 4 is 11.6 Å². The highest BCUT2D eigenvalue weighted by Crippen LogP contribution is 2.34. The molecule has 0 aliphatic rings. The lowest BCUT2D eigenvalue weighted by atomic mass is 10.00. The van der Waals surface area contributed by atoms with Gasteiger partial charge in [-0.2, -0.15) is 0 Å². The Balaban J connectivity index is 2.86. The van der Waals surface area contributed by atoms with Crippen molar-refractivity contribution in [3.05, 3.63) is 29.0 Å². The Labute approximate surface area is 87.1 Å². The summed E-state index contributed by atoms with van der Waals surface area (Å²) in [4.78, 5) is 3.64. The second-order valence-corrected chi connectivity index (χ2v) is 4.06. The number of alkyl halides is 2. The van der Waals surface area contributed by atoms with Gasteiger partial charge in [-0.3, -0.25) is 0 Å². The van der Waals surface area contributed by atoms with E-state index < -0.39 is 5.92 Å². The second-order valence-electron chi connectivity index (χ2n) is 3.67. The van der Waals surface area contributed by atoms with Crippen LogP contribution >= 0.6 is 11.6 Å². The predicted molar refractivity (Wildman–Crippen MR) is 52.6 cm³/mol. The molecule has 0 unspecified atom stereocenters. The van der Waals surface area contributed by atoms with Crippen LogP contribution in [0.3, 0.4) is 0 Å². The van der Waals surface area contributed by atoms with Gasteiger partial charge in [-0.15, -0.1) is 0 Å². The van der Waals surface area contributed by atoms with E-state index in [1.54, 1.807) is 13.8 Å². The zero-order chi connectivity index (χ0) is 10.8. The monoisotopic (exact) mass is 219 g/mol. The van der Waals surface area contributed by atoms with E-state index in [1.807, 2.05) is 0 Å². The summed E-state index contributed by atoms with van der Waals surface area (Å²) in [5, 5.41) is 0.231. The number of rotatable bonds is 3. The summed E-state index contributed by atoms with van der Waals surface area (Å²) in [5.41, 5.74) is -0.0735. The molecule has 0 bridgehead atoms. The minimum Gasteiger partial charge on any atom is -0.244 e. The summed E-state index contributed by atoms with van der Waals surface area (Å²) < 4.78 is 26.9. The summed E-state index contributed by atoms with van der Waals surface area (Å²) in [6.45, 7) is 3.52. The normalized spacial score (nSPS) is 12.1. The van der Waals surface area contributed by atoms with Crippen molar-refractivity contribution in [2.24, 2.45) is 5.92 Å². The molecule has 78 valence electrons. The number of hydrogen-bond acceptors (Lipinski definition) is 1. The highest BCUT2D eigenvalue weighted by Gasteiger charge is 2.32. The summed E-state index contributed by atoms with van der Waals surface area (Å²) in [6.07, 6.45) is 0.959. The van der Waals surface area contributed by atoms with E-state index in [-0.39, 0.29) is 23.1 Å². The number of aromatic nitrogens is 1. The molecule has 0 amide bonds. The van der Waals surface area contributed by atoms with E-state index in [9.17, 15) is 8.78 Å². The standard InChI is InChI=1S/C10H12ClF2N/c1-7(2)5-10(12,13)8-3-4-9(11)14-6-8/h3-4,6-7H,5H2,1-2H3. The minimum atomic E-state index is -2.81. The smallest absolute Gasteiger partial charge is 0.244 e. The first-order chi connectivity index (χ1) is 6.42. The van der Waals surface area contributed by atoms with Crippen molar-refractivity contribution in [2.75, 3.05) is 0 Å². The minimum absolute atomic E-state index is 0.0549. The molecule has 0 aliphatic carbocycles. The van der Waals surface area contributed by atoms with E-state index in [4.69, 9.17) is 11.6 Å². The lowest BCUT2D eigenvalue weighted by Crippen LogP contribution is -2.16. The molecule has 0 saturated heterocycles. The molecular formula is C10H12ClF2N. The maximum atomic E-state index is 13.5. The maximum Gasteiger partial charge on any atom is 0.274 e. The quantitative estimate of drug-likeness (QED) is 0.704. The fraction of sp³-hybridized carbons (Fsp3) is 0.500. The third-order valence-corrected chi connectivity index (χ3v) is 2.04. The molecule has 14 heavy (non-hydrogen) atoms. The molecule has 1 heterocycles. The van der Waals surface area contributed by atoms with Crippen molar-refractivity contribution in [1.29, 1.82) is 0 Å².